The average molecular weight is 338 g/mol. The van der Waals surface area contributed by atoms with Gasteiger partial charge >= 0.3 is 0 Å². The SMILES string of the molecule is CN(c1cccc(O)c1)S(=O)(=O)c1cc(Cl)sc1Cl. The van der Waals surface area contributed by atoms with Gasteiger partial charge in [0.05, 0.1) is 10.0 Å². The third-order valence-corrected chi connectivity index (χ3v) is 6.00. The van der Waals surface area contributed by atoms with E-state index < -0.39 is 10.0 Å². The maximum absolute atomic E-state index is 12.4. The smallest absolute Gasteiger partial charge is 0.266 e. The molecule has 0 aliphatic carbocycles. The molecule has 4 nitrogen and oxygen atoms in total. The summed E-state index contributed by atoms with van der Waals surface area (Å²) in [6, 6.07) is 7.24. The van der Waals surface area contributed by atoms with E-state index in [0.717, 1.165) is 15.6 Å². The number of thiophene rings is 1. The minimum Gasteiger partial charge on any atom is -0.508 e. The largest absolute Gasteiger partial charge is 0.508 e. The van der Waals surface area contributed by atoms with Gasteiger partial charge in [-0.3, -0.25) is 4.31 Å². The highest BCUT2D eigenvalue weighted by atomic mass is 35.5. The summed E-state index contributed by atoms with van der Waals surface area (Å²) in [7, 11) is -2.42. The quantitative estimate of drug-likeness (QED) is 0.931. The van der Waals surface area contributed by atoms with Crippen LogP contribution in [0.15, 0.2) is 35.2 Å². The average Bonchev–Trinajstić information content (AvgIpc) is 2.68. The van der Waals surface area contributed by atoms with E-state index in [4.69, 9.17) is 23.2 Å². The van der Waals surface area contributed by atoms with Crippen molar-refractivity contribution in [2.75, 3.05) is 11.4 Å². The first-order valence-corrected chi connectivity index (χ1v) is 8.06. The second-order valence-corrected chi connectivity index (χ2v) is 7.90. The second kappa shape index (κ2) is 5.20. The zero-order chi connectivity index (χ0) is 14.2. The van der Waals surface area contributed by atoms with Crippen molar-refractivity contribution in [2.24, 2.45) is 0 Å². The Morgan fingerprint density at radius 1 is 1.26 bits per heavy atom. The number of nitrogens with zero attached hydrogens (tertiary/aromatic N) is 1. The Morgan fingerprint density at radius 2 is 1.95 bits per heavy atom. The molecule has 1 N–H and O–H groups in total. The lowest BCUT2D eigenvalue weighted by Crippen LogP contribution is -2.26. The number of sulfonamides is 1. The van der Waals surface area contributed by atoms with Gasteiger partial charge in [0.15, 0.2) is 0 Å². The van der Waals surface area contributed by atoms with Crippen molar-refractivity contribution in [2.45, 2.75) is 4.90 Å². The van der Waals surface area contributed by atoms with Gasteiger partial charge in [-0.05, 0) is 18.2 Å². The molecule has 0 fully saturated rings. The molecule has 1 aromatic carbocycles. The molecule has 1 aromatic heterocycles. The Labute approximate surface area is 124 Å². The van der Waals surface area contributed by atoms with Crippen LogP contribution in [0, 0.1) is 0 Å². The molecule has 0 unspecified atom stereocenters. The van der Waals surface area contributed by atoms with Crippen molar-refractivity contribution in [1.29, 1.82) is 0 Å². The number of rotatable bonds is 3. The van der Waals surface area contributed by atoms with E-state index in [1.807, 2.05) is 0 Å². The minimum atomic E-state index is -3.80. The molecule has 19 heavy (non-hydrogen) atoms. The molecule has 0 saturated heterocycles. The van der Waals surface area contributed by atoms with E-state index in [-0.39, 0.29) is 15.0 Å². The van der Waals surface area contributed by atoms with Crippen LogP contribution in [0.1, 0.15) is 0 Å². The van der Waals surface area contributed by atoms with Crippen LogP contribution in [-0.2, 0) is 10.0 Å². The van der Waals surface area contributed by atoms with Gasteiger partial charge in [-0.25, -0.2) is 8.42 Å². The highest BCUT2D eigenvalue weighted by Gasteiger charge is 2.26. The van der Waals surface area contributed by atoms with Gasteiger partial charge in [-0.2, -0.15) is 0 Å². The molecule has 1 heterocycles. The first-order chi connectivity index (χ1) is 8.82. The molecule has 0 radical (unpaired) electrons. The van der Waals surface area contributed by atoms with Crippen molar-refractivity contribution in [3.05, 3.63) is 39.0 Å². The molecule has 0 atom stereocenters. The van der Waals surface area contributed by atoms with Crippen LogP contribution in [0.4, 0.5) is 5.69 Å². The van der Waals surface area contributed by atoms with Gasteiger partial charge in [0.2, 0.25) is 0 Å². The van der Waals surface area contributed by atoms with Gasteiger partial charge in [0.25, 0.3) is 10.0 Å². The van der Waals surface area contributed by atoms with Crippen molar-refractivity contribution in [3.8, 4) is 5.75 Å². The Bertz CT molecular complexity index is 712. The van der Waals surface area contributed by atoms with E-state index in [0.29, 0.717) is 10.0 Å². The van der Waals surface area contributed by atoms with Crippen molar-refractivity contribution in [3.63, 3.8) is 0 Å². The summed E-state index contributed by atoms with van der Waals surface area (Å²) in [6.07, 6.45) is 0. The van der Waals surface area contributed by atoms with Crippen LogP contribution < -0.4 is 4.31 Å². The number of anilines is 1. The number of phenolic OH excluding ortho intramolecular Hbond substituents is 1. The maximum atomic E-state index is 12.4. The lowest BCUT2D eigenvalue weighted by molar-refractivity contribution is 0.475. The fourth-order valence-corrected chi connectivity index (χ4v) is 4.78. The number of hydrogen-bond donors (Lipinski definition) is 1. The standard InChI is InChI=1S/C11H9Cl2NO3S2/c1-14(7-3-2-4-8(15)5-7)19(16,17)9-6-10(12)18-11(9)13/h2-6,15H,1H3. The van der Waals surface area contributed by atoms with Crippen molar-refractivity contribution in [1.82, 2.24) is 0 Å². The van der Waals surface area contributed by atoms with Gasteiger partial charge in [0, 0.05) is 13.1 Å². The van der Waals surface area contributed by atoms with Gasteiger partial charge in [0.1, 0.15) is 15.0 Å². The third kappa shape index (κ3) is 2.81. The molecular weight excluding hydrogens is 329 g/mol. The lowest BCUT2D eigenvalue weighted by Gasteiger charge is -2.19. The predicted octanol–water partition coefficient (Wildman–Crippen LogP) is 3.59. The maximum Gasteiger partial charge on any atom is 0.266 e. The normalized spacial score (nSPS) is 11.5. The topological polar surface area (TPSA) is 57.6 Å². The Morgan fingerprint density at radius 3 is 2.47 bits per heavy atom. The number of halogens is 2. The fraction of sp³-hybridized carbons (Fsp3) is 0.0909. The van der Waals surface area contributed by atoms with E-state index in [1.54, 1.807) is 12.1 Å². The summed E-state index contributed by atoms with van der Waals surface area (Å²) >= 11 is 12.6. The monoisotopic (exact) mass is 337 g/mol. The van der Waals surface area contributed by atoms with E-state index >= 15 is 0 Å². The second-order valence-electron chi connectivity index (χ2n) is 3.68. The minimum absolute atomic E-state index is 0.0194. The molecule has 0 bridgehead atoms. The fourth-order valence-electron chi connectivity index (χ4n) is 1.48. The molecule has 0 aliphatic rings. The van der Waals surface area contributed by atoms with Crippen molar-refractivity contribution >= 4 is 50.2 Å². The van der Waals surface area contributed by atoms with Crippen LogP contribution >= 0.6 is 34.5 Å². The molecule has 2 aromatic rings. The molecule has 0 aliphatic heterocycles. The predicted molar refractivity (Wildman–Crippen MR) is 78.0 cm³/mol. The Kier molecular flexibility index (Phi) is 3.96. The molecule has 0 amide bonds. The van der Waals surface area contributed by atoms with Crippen LogP contribution in [0.5, 0.6) is 5.75 Å². The molecule has 0 spiro atoms. The van der Waals surface area contributed by atoms with Crippen LogP contribution in [0.2, 0.25) is 8.67 Å². The van der Waals surface area contributed by atoms with Gasteiger partial charge < -0.3 is 5.11 Å². The molecule has 102 valence electrons. The molecular formula is C11H9Cl2NO3S2. The Hall–Kier alpha value is -0.950. The summed E-state index contributed by atoms with van der Waals surface area (Å²) in [5.74, 6) is -0.0194. The highest BCUT2D eigenvalue weighted by molar-refractivity contribution is 7.93. The number of aromatic hydroxyl groups is 1. The Balaban J connectivity index is 2.48. The molecule has 0 saturated carbocycles. The van der Waals surface area contributed by atoms with Crippen LogP contribution in [-0.4, -0.2) is 20.6 Å². The van der Waals surface area contributed by atoms with E-state index in [2.05, 4.69) is 0 Å². The highest BCUT2D eigenvalue weighted by Crippen LogP contribution is 2.36. The van der Waals surface area contributed by atoms with Crippen LogP contribution in [0.3, 0.4) is 0 Å². The summed E-state index contributed by atoms with van der Waals surface area (Å²) in [4.78, 5) is -0.0463. The first kappa shape index (κ1) is 14.5. The van der Waals surface area contributed by atoms with Gasteiger partial charge in [-0.1, -0.05) is 29.3 Å². The first-order valence-electron chi connectivity index (χ1n) is 5.05. The van der Waals surface area contributed by atoms with Gasteiger partial charge in [-0.15, -0.1) is 11.3 Å². The third-order valence-electron chi connectivity index (χ3n) is 2.46. The molecule has 8 heteroatoms. The van der Waals surface area contributed by atoms with E-state index in [9.17, 15) is 13.5 Å². The van der Waals surface area contributed by atoms with E-state index in [1.165, 1.54) is 25.2 Å². The summed E-state index contributed by atoms with van der Waals surface area (Å²) in [5, 5.41) is 9.39. The number of benzene rings is 1. The summed E-state index contributed by atoms with van der Waals surface area (Å²) < 4.78 is 26.2. The lowest BCUT2D eigenvalue weighted by atomic mass is 10.3. The summed E-state index contributed by atoms with van der Waals surface area (Å²) in [6.45, 7) is 0. The zero-order valence-corrected chi connectivity index (χ0v) is 12.8. The van der Waals surface area contributed by atoms with Crippen molar-refractivity contribution < 1.29 is 13.5 Å². The number of hydrogen-bond acceptors (Lipinski definition) is 4. The molecule has 2 rings (SSSR count). The van der Waals surface area contributed by atoms with Crippen LogP contribution in [0.25, 0.3) is 0 Å². The zero-order valence-electron chi connectivity index (χ0n) is 9.67. The summed E-state index contributed by atoms with van der Waals surface area (Å²) in [5.41, 5.74) is 0.332. The number of phenols is 1.